The van der Waals surface area contributed by atoms with Crippen LogP contribution in [0.1, 0.15) is 18.4 Å². The Morgan fingerprint density at radius 3 is 2.57 bits per heavy atom. The molecule has 2 aliphatic rings. The molecule has 0 radical (unpaired) electrons. The number of ketones is 1. The zero-order chi connectivity index (χ0) is 16.6. The van der Waals surface area contributed by atoms with Gasteiger partial charge in [0.25, 0.3) is 0 Å². The summed E-state index contributed by atoms with van der Waals surface area (Å²) in [6.45, 7) is 0. The molecule has 1 aromatic rings. The summed E-state index contributed by atoms with van der Waals surface area (Å²) in [5.41, 5.74) is 1.96. The maximum Gasteiger partial charge on any atom is 0.412 e. The Balaban J connectivity index is 1.80. The molecule has 2 unspecified atom stereocenters. The van der Waals surface area contributed by atoms with Gasteiger partial charge in [0.2, 0.25) is 0 Å². The van der Waals surface area contributed by atoms with E-state index in [1.807, 2.05) is 30.3 Å². The predicted molar refractivity (Wildman–Crippen MR) is 80.6 cm³/mol. The van der Waals surface area contributed by atoms with Gasteiger partial charge in [-0.15, -0.1) is 0 Å². The molecule has 3 rings (SSSR count). The highest BCUT2D eigenvalue weighted by Crippen LogP contribution is 2.42. The van der Waals surface area contributed by atoms with E-state index in [2.05, 4.69) is 4.74 Å². The SMILES string of the molecule is COC(=O)C1CC2=C(CC(Cc3ccccc3)C2=O)N1C(=O)O. The van der Waals surface area contributed by atoms with Gasteiger partial charge in [0, 0.05) is 23.6 Å². The highest BCUT2D eigenvalue weighted by Gasteiger charge is 2.48. The van der Waals surface area contributed by atoms with Gasteiger partial charge in [-0.3, -0.25) is 9.69 Å². The molecular formula is C17H17NO5. The number of esters is 1. The van der Waals surface area contributed by atoms with Crippen LogP contribution in [0, 0.1) is 5.92 Å². The number of hydrogen-bond acceptors (Lipinski definition) is 4. The van der Waals surface area contributed by atoms with E-state index in [0.29, 0.717) is 24.1 Å². The minimum atomic E-state index is -1.22. The van der Waals surface area contributed by atoms with Gasteiger partial charge in [0.1, 0.15) is 6.04 Å². The molecule has 0 fully saturated rings. The van der Waals surface area contributed by atoms with Crippen molar-refractivity contribution >= 4 is 17.8 Å². The molecule has 1 aliphatic heterocycles. The maximum absolute atomic E-state index is 12.6. The number of carbonyl (C=O) groups excluding carboxylic acids is 2. The molecule has 6 heteroatoms. The summed E-state index contributed by atoms with van der Waals surface area (Å²) >= 11 is 0. The second kappa shape index (κ2) is 5.87. The number of likely N-dealkylation sites (tertiary alicyclic amines) is 1. The summed E-state index contributed by atoms with van der Waals surface area (Å²) in [5.74, 6) is -0.946. The summed E-state index contributed by atoms with van der Waals surface area (Å²) in [4.78, 5) is 36.9. The number of methoxy groups -OCH3 is 1. The first-order valence-electron chi connectivity index (χ1n) is 7.43. The molecule has 6 nitrogen and oxygen atoms in total. The van der Waals surface area contributed by atoms with E-state index in [9.17, 15) is 19.5 Å². The van der Waals surface area contributed by atoms with Crippen molar-refractivity contribution in [2.75, 3.05) is 7.11 Å². The molecule has 1 N–H and O–H groups in total. The van der Waals surface area contributed by atoms with E-state index in [4.69, 9.17) is 0 Å². The Morgan fingerprint density at radius 1 is 1.26 bits per heavy atom. The zero-order valence-corrected chi connectivity index (χ0v) is 12.7. The second-order valence-electron chi connectivity index (χ2n) is 5.78. The topological polar surface area (TPSA) is 83.9 Å². The summed E-state index contributed by atoms with van der Waals surface area (Å²) in [5, 5.41) is 9.41. The van der Waals surface area contributed by atoms with Crippen molar-refractivity contribution in [3.05, 3.63) is 47.2 Å². The lowest BCUT2D eigenvalue weighted by Gasteiger charge is -2.24. The fourth-order valence-corrected chi connectivity index (χ4v) is 3.41. The lowest BCUT2D eigenvalue weighted by Crippen LogP contribution is -2.41. The number of nitrogens with zero attached hydrogens (tertiary/aromatic N) is 1. The van der Waals surface area contributed by atoms with Crippen molar-refractivity contribution in [1.82, 2.24) is 4.90 Å². The maximum atomic E-state index is 12.6. The van der Waals surface area contributed by atoms with Crippen molar-refractivity contribution in [3.63, 3.8) is 0 Å². The van der Waals surface area contributed by atoms with Crippen LogP contribution in [0.25, 0.3) is 0 Å². The van der Waals surface area contributed by atoms with Gasteiger partial charge in [0.05, 0.1) is 7.11 Å². The average molecular weight is 315 g/mol. The highest BCUT2D eigenvalue weighted by molar-refractivity contribution is 6.03. The first-order valence-corrected chi connectivity index (χ1v) is 7.43. The van der Waals surface area contributed by atoms with Crippen molar-refractivity contribution < 1.29 is 24.2 Å². The van der Waals surface area contributed by atoms with Crippen molar-refractivity contribution in [2.45, 2.75) is 25.3 Å². The van der Waals surface area contributed by atoms with Gasteiger partial charge in [-0.1, -0.05) is 30.3 Å². The van der Waals surface area contributed by atoms with Crippen LogP contribution in [0.3, 0.4) is 0 Å². The predicted octanol–water partition coefficient (Wildman–Crippen LogP) is 2.00. The van der Waals surface area contributed by atoms with E-state index in [1.54, 1.807) is 0 Å². The molecule has 1 aromatic carbocycles. The Labute approximate surface area is 133 Å². The molecule has 120 valence electrons. The molecule has 2 atom stereocenters. The second-order valence-corrected chi connectivity index (χ2v) is 5.78. The number of allylic oxidation sites excluding steroid dienone is 1. The Morgan fingerprint density at radius 2 is 1.96 bits per heavy atom. The monoisotopic (exact) mass is 315 g/mol. The standard InChI is InChI=1S/C17H17NO5/c1-23-16(20)14-9-12-13(18(14)17(21)22)8-11(15(12)19)7-10-5-3-2-4-6-10/h2-6,11,14H,7-9H2,1H3,(H,21,22). The van der Waals surface area contributed by atoms with Crippen LogP contribution in [0.4, 0.5) is 4.79 Å². The molecule has 23 heavy (non-hydrogen) atoms. The third-order valence-corrected chi connectivity index (χ3v) is 4.46. The van der Waals surface area contributed by atoms with Crippen LogP contribution >= 0.6 is 0 Å². The van der Waals surface area contributed by atoms with E-state index in [-0.39, 0.29) is 18.1 Å². The Hall–Kier alpha value is -2.63. The van der Waals surface area contributed by atoms with E-state index in [1.165, 1.54) is 7.11 Å². The lowest BCUT2D eigenvalue weighted by molar-refractivity contribution is -0.145. The number of rotatable bonds is 3. The first-order chi connectivity index (χ1) is 11.0. The molecule has 0 saturated carbocycles. The highest BCUT2D eigenvalue weighted by atomic mass is 16.5. The Bertz CT molecular complexity index is 694. The number of ether oxygens (including phenoxy) is 1. The molecule has 0 bridgehead atoms. The molecule has 1 amide bonds. The largest absolute Gasteiger partial charge is 0.467 e. The van der Waals surface area contributed by atoms with Crippen LogP contribution in [-0.2, 0) is 20.7 Å². The number of Topliss-reactive ketones (excluding diaryl/α,β-unsaturated/α-hetero) is 1. The van der Waals surface area contributed by atoms with Crippen LogP contribution in [0.15, 0.2) is 41.6 Å². The first kappa shape index (κ1) is 15.3. The molecular weight excluding hydrogens is 298 g/mol. The lowest BCUT2D eigenvalue weighted by atomic mass is 9.93. The van der Waals surface area contributed by atoms with Crippen LogP contribution in [0.2, 0.25) is 0 Å². The quantitative estimate of drug-likeness (QED) is 0.862. The van der Waals surface area contributed by atoms with Crippen LogP contribution < -0.4 is 0 Å². The zero-order valence-electron chi connectivity index (χ0n) is 12.7. The number of carboxylic acid groups (broad SMARTS) is 1. The Kier molecular flexibility index (Phi) is 3.90. The van der Waals surface area contributed by atoms with Crippen LogP contribution in [-0.4, -0.2) is 41.0 Å². The number of carbonyl (C=O) groups is 3. The minimum Gasteiger partial charge on any atom is -0.467 e. The van der Waals surface area contributed by atoms with Crippen molar-refractivity contribution in [1.29, 1.82) is 0 Å². The summed E-state index contributed by atoms with van der Waals surface area (Å²) < 4.78 is 4.66. The minimum absolute atomic E-state index is 0.0542. The van der Waals surface area contributed by atoms with Gasteiger partial charge < -0.3 is 9.84 Å². The van der Waals surface area contributed by atoms with Gasteiger partial charge >= 0.3 is 12.1 Å². The fourth-order valence-electron chi connectivity index (χ4n) is 3.41. The molecule has 1 aliphatic carbocycles. The van der Waals surface area contributed by atoms with E-state index < -0.39 is 18.1 Å². The number of benzene rings is 1. The summed E-state index contributed by atoms with van der Waals surface area (Å²) in [6.07, 6.45) is -0.192. The smallest absolute Gasteiger partial charge is 0.412 e. The van der Waals surface area contributed by atoms with Gasteiger partial charge in [-0.2, -0.15) is 0 Å². The van der Waals surface area contributed by atoms with Gasteiger partial charge in [-0.05, 0) is 18.4 Å². The molecule has 1 heterocycles. The molecule has 0 spiro atoms. The summed E-state index contributed by atoms with van der Waals surface area (Å²) in [7, 11) is 1.21. The van der Waals surface area contributed by atoms with Crippen LogP contribution in [0.5, 0.6) is 0 Å². The normalized spacial score (nSPS) is 23.2. The number of hydrogen-bond donors (Lipinski definition) is 1. The van der Waals surface area contributed by atoms with E-state index in [0.717, 1.165) is 10.5 Å². The average Bonchev–Trinajstić information content (AvgIpc) is 3.05. The van der Waals surface area contributed by atoms with Gasteiger partial charge in [0.15, 0.2) is 5.78 Å². The molecule has 0 aromatic heterocycles. The fraction of sp³-hybridized carbons (Fsp3) is 0.353. The van der Waals surface area contributed by atoms with E-state index >= 15 is 0 Å². The third kappa shape index (κ3) is 2.60. The van der Waals surface area contributed by atoms with Crippen molar-refractivity contribution in [3.8, 4) is 0 Å². The third-order valence-electron chi connectivity index (χ3n) is 4.46. The van der Waals surface area contributed by atoms with Gasteiger partial charge in [-0.25, -0.2) is 9.59 Å². The number of amides is 1. The van der Waals surface area contributed by atoms with Crippen molar-refractivity contribution in [2.24, 2.45) is 5.92 Å². The summed E-state index contributed by atoms with van der Waals surface area (Å²) in [6, 6.07) is 8.68. The molecule has 0 saturated heterocycles.